The van der Waals surface area contributed by atoms with Crippen molar-refractivity contribution in [1.29, 1.82) is 0 Å². The predicted octanol–water partition coefficient (Wildman–Crippen LogP) is 5.25. The Labute approximate surface area is 175 Å². The summed E-state index contributed by atoms with van der Waals surface area (Å²) in [7, 11) is 1.67. The van der Waals surface area contributed by atoms with E-state index in [0.29, 0.717) is 6.42 Å². The van der Waals surface area contributed by atoms with Crippen molar-refractivity contribution in [2.24, 2.45) is 0 Å². The third kappa shape index (κ3) is 2.48. The Morgan fingerprint density at radius 2 is 1.45 bits per heavy atom. The standard InChI is InChI=1S/C25H23NO2S/c1-28-22-15-9-8-14-21(22)26-23(27)16-17-25(26)24(18-29-25,19-10-4-2-5-11-19)20-12-6-3-7-13-20/h2-15H,16-18H2,1H3. The number of nitrogens with zero attached hydrogens (tertiary/aromatic N) is 1. The molecule has 0 radical (unpaired) electrons. The van der Waals surface area contributed by atoms with Gasteiger partial charge in [0.2, 0.25) is 5.91 Å². The molecule has 2 aliphatic heterocycles. The largest absolute Gasteiger partial charge is 0.495 e. The van der Waals surface area contributed by atoms with E-state index < -0.39 is 0 Å². The summed E-state index contributed by atoms with van der Waals surface area (Å²) in [4.78, 5) is 14.9. The summed E-state index contributed by atoms with van der Waals surface area (Å²) in [6, 6.07) is 29.2. The van der Waals surface area contributed by atoms with E-state index in [-0.39, 0.29) is 16.2 Å². The van der Waals surface area contributed by atoms with Crippen molar-refractivity contribution in [2.45, 2.75) is 23.1 Å². The van der Waals surface area contributed by atoms with Gasteiger partial charge in [-0.2, -0.15) is 0 Å². The SMILES string of the molecule is COc1ccccc1N1C(=O)CCC12SCC2(c1ccccc1)c1ccccc1. The number of hydrogen-bond donors (Lipinski definition) is 0. The molecule has 3 aromatic rings. The van der Waals surface area contributed by atoms with E-state index in [4.69, 9.17) is 4.74 Å². The number of carbonyl (C=O) groups excluding carboxylic acids is 1. The first-order valence-electron chi connectivity index (χ1n) is 9.94. The molecular weight excluding hydrogens is 378 g/mol. The molecule has 5 rings (SSSR count). The average molecular weight is 402 g/mol. The lowest BCUT2D eigenvalue weighted by molar-refractivity contribution is -0.117. The maximum atomic E-state index is 13.3. The minimum absolute atomic E-state index is 0.165. The van der Waals surface area contributed by atoms with Crippen LogP contribution in [0.2, 0.25) is 0 Å². The third-order valence-electron chi connectivity index (χ3n) is 6.34. The zero-order valence-corrected chi connectivity index (χ0v) is 17.2. The molecule has 1 spiro atoms. The molecule has 1 atom stereocenters. The summed E-state index contributed by atoms with van der Waals surface area (Å²) in [6.07, 6.45) is 1.37. The molecule has 0 aromatic heterocycles. The monoisotopic (exact) mass is 401 g/mol. The van der Waals surface area contributed by atoms with Gasteiger partial charge in [0.25, 0.3) is 0 Å². The summed E-state index contributed by atoms with van der Waals surface area (Å²) in [5, 5.41) is 0. The molecule has 0 bridgehead atoms. The van der Waals surface area contributed by atoms with E-state index in [1.54, 1.807) is 7.11 Å². The average Bonchev–Trinajstić information content (AvgIpc) is 3.14. The molecule has 146 valence electrons. The lowest BCUT2D eigenvalue weighted by Crippen LogP contribution is -2.67. The fourth-order valence-electron chi connectivity index (χ4n) is 5.00. The van der Waals surface area contributed by atoms with Crippen LogP contribution < -0.4 is 9.64 Å². The molecule has 3 aromatic carbocycles. The Hall–Kier alpha value is -2.72. The second-order valence-corrected chi connectivity index (χ2v) is 8.86. The molecule has 0 N–H and O–H groups in total. The second kappa shape index (κ2) is 6.96. The zero-order chi connectivity index (χ0) is 19.9. The number of methoxy groups -OCH3 is 1. The lowest BCUT2D eigenvalue weighted by atomic mass is 9.68. The second-order valence-electron chi connectivity index (χ2n) is 7.61. The van der Waals surface area contributed by atoms with Gasteiger partial charge in [0.15, 0.2) is 0 Å². The molecule has 1 unspecified atom stereocenters. The fourth-order valence-corrected chi connectivity index (χ4v) is 6.91. The molecular formula is C25H23NO2S. The van der Waals surface area contributed by atoms with Crippen LogP contribution in [0.5, 0.6) is 5.75 Å². The quantitative estimate of drug-likeness (QED) is 0.598. The summed E-state index contributed by atoms with van der Waals surface area (Å²) < 4.78 is 5.64. The van der Waals surface area contributed by atoms with Crippen LogP contribution in [0.15, 0.2) is 84.9 Å². The van der Waals surface area contributed by atoms with Crippen molar-refractivity contribution >= 4 is 23.4 Å². The highest BCUT2D eigenvalue weighted by Gasteiger charge is 2.68. The maximum absolute atomic E-state index is 13.3. The fraction of sp³-hybridized carbons (Fsp3) is 0.240. The number of anilines is 1. The van der Waals surface area contributed by atoms with E-state index in [0.717, 1.165) is 23.6 Å². The highest BCUT2D eigenvalue weighted by Crippen LogP contribution is 2.66. The molecule has 2 heterocycles. The number of para-hydroxylation sites is 2. The summed E-state index contributed by atoms with van der Waals surface area (Å²) >= 11 is 1.89. The van der Waals surface area contributed by atoms with Crippen LogP contribution in [0.25, 0.3) is 0 Å². The van der Waals surface area contributed by atoms with E-state index in [2.05, 4.69) is 60.7 Å². The Morgan fingerprint density at radius 1 is 0.862 bits per heavy atom. The first kappa shape index (κ1) is 18.3. The van der Waals surface area contributed by atoms with Gasteiger partial charge in [-0.15, -0.1) is 11.8 Å². The molecule has 0 saturated carbocycles. The van der Waals surface area contributed by atoms with Crippen LogP contribution >= 0.6 is 11.8 Å². The first-order valence-corrected chi connectivity index (χ1v) is 10.9. The van der Waals surface area contributed by atoms with Gasteiger partial charge in [-0.1, -0.05) is 72.8 Å². The third-order valence-corrected chi connectivity index (χ3v) is 8.13. The smallest absolute Gasteiger partial charge is 0.228 e. The molecule has 2 aliphatic rings. The van der Waals surface area contributed by atoms with Crippen LogP contribution in [-0.2, 0) is 10.2 Å². The Morgan fingerprint density at radius 3 is 2.00 bits per heavy atom. The van der Waals surface area contributed by atoms with Gasteiger partial charge in [-0.25, -0.2) is 0 Å². The number of rotatable bonds is 4. The highest BCUT2D eigenvalue weighted by molar-refractivity contribution is 8.02. The summed E-state index contributed by atoms with van der Waals surface area (Å²) in [5.74, 6) is 1.85. The van der Waals surface area contributed by atoms with Crippen molar-refractivity contribution in [3.63, 3.8) is 0 Å². The highest BCUT2D eigenvalue weighted by atomic mass is 32.2. The Bertz CT molecular complexity index is 997. The summed E-state index contributed by atoms with van der Waals surface area (Å²) in [5.41, 5.74) is 3.13. The first-order chi connectivity index (χ1) is 14.2. The predicted molar refractivity (Wildman–Crippen MR) is 119 cm³/mol. The normalized spacial score (nSPS) is 22.5. The summed E-state index contributed by atoms with van der Waals surface area (Å²) in [6.45, 7) is 0. The topological polar surface area (TPSA) is 29.5 Å². The van der Waals surface area contributed by atoms with Crippen molar-refractivity contribution in [3.05, 3.63) is 96.1 Å². The maximum Gasteiger partial charge on any atom is 0.228 e. The van der Waals surface area contributed by atoms with E-state index >= 15 is 0 Å². The van der Waals surface area contributed by atoms with Crippen molar-refractivity contribution in [2.75, 3.05) is 17.8 Å². The Balaban J connectivity index is 1.75. The Kier molecular flexibility index (Phi) is 4.39. The van der Waals surface area contributed by atoms with Crippen molar-refractivity contribution in [1.82, 2.24) is 0 Å². The van der Waals surface area contributed by atoms with Gasteiger partial charge in [-0.05, 0) is 29.7 Å². The molecule has 2 fully saturated rings. The van der Waals surface area contributed by atoms with Crippen molar-refractivity contribution < 1.29 is 9.53 Å². The number of benzene rings is 3. The van der Waals surface area contributed by atoms with Gasteiger partial charge in [0, 0.05) is 12.2 Å². The molecule has 4 heteroatoms. The van der Waals surface area contributed by atoms with Crippen molar-refractivity contribution in [3.8, 4) is 5.75 Å². The molecule has 1 amide bonds. The minimum Gasteiger partial charge on any atom is -0.495 e. The molecule has 29 heavy (non-hydrogen) atoms. The number of amides is 1. The van der Waals surface area contributed by atoms with Crippen LogP contribution in [0.3, 0.4) is 0 Å². The lowest BCUT2D eigenvalue weighted by Gasteiger charge is -2.61. The van der Waals surface area contributed by atoms with Crippen LogP contribution in [0.4, 0.5) is 5.69 Å². The number of hydrogen-bond acceptors (Lipinski definition) is 3. The van der Waals surface area contributed by atoms with E-state index in [9.17, 15) is 4.79 Å². The van der Waals surface area contributed by atoms with Gasteiger partial charge < -0.3 is 4.74 Å². The number of carbonyl (C=O) groups is 1. The van der Waals surface area contributed by atoms with Gasteiger partial charge in [0.05, 0.1) is 18.2 Å². The minimum atomic E-state index is -0.360. The van der Waals surface area contributed by atoms with Crippen LogP contribution in [0, 0.1) is 0 Å². The molecule has 0 aliphatic carbocycles. The zero-order valence-electron chi connectivity index (χ0n) is 16.4. The molecule has 3 nitrogen and oxygen atoms in total. The van der Waals surface area contributed by atoms with Gasteiger partial charge in [-0.3, -0.25) is 9.69 Å². The molecule has 2 saturated heterocycles. The van der Waals surface area contributed by atoms with Gasteiger partial charge >= 0.3 is 0 Å². The van der Waals surface area contributed by atoms with Gasteiger partial charge in [0.1, 0.15) is 10.6 Å². The van der Waals surface area contributed by atoms with E-state index in [1.807, 2.05) is 40.9 Å². The van der Waals surface area contributed by atoms with Crippen LogP contribution in [0.1, 0.15) is 24.0 Å². The number of thioether (sulfide) groups is 1. The van der Waals surface area contributed by atoms with E-state index in [1.165, 1.54) is 11.1 Å². The van der Waals surface area contributed by atoms with Crippen LogP contribution in [-0.4, -0.2) is 23.6 Å². The number of ether oxygens (including phenoxy) is 1.